The Morgan fingerprint density at radius 3 is 2.55 bits per heavy atom. The van der Waals surface area contributed by atoms with Gasteiger partial charge < -0.3 is 9.88 Å². The first kappa shape index (κ1) is 20.9. The van der Waals surface area contributed by atoms with Gasteiger partial charge in [-0.2, -0.15) is 0 Å². The van der Waals surface area contributed by atoms with E-state index in [1.807, 2.05) is 30.3 Å². The molecule has 0 spiro atoms. The molecule has 0 unspecified atom stereocenters. The quantitative estimate of drug-likeness (QED) is 0.408. The number of hydrogen-bond acceptors (Lipinski definition) is 3. The Morgan fingerprint density at radius 1 is 1.03 bits per heavy atom. The second-order valence-electron chi connectivity index (χ2n) is 7.66. The molecule has 33 heavy (non-hydrogen) atoms. The highest BCUT2D eigenvalue weighted by molar-refractivity contribution is 6.30. The zero-order chi connectivity index (χ0) is 22.9. The summed E-state index contributed by atoms with van der Waals surface area (Å²) in [5.41, 5.74) is 2.38. The van der Waals surface area contributed by atoms with Crippen molar-refractivity contribution in [2.75, 3.05) is 5.32 Å². The maximum absolute atomic E-state index is 14.0. The number of hydrogen-bond donors (Lipinski definition) is 1. The third-order valence-electron chi connectivity index (χ3n) is 5.41. The van der Waals surface area contributed by atoms with Gasteiger partial charge in [-0.25, -0.2) is 9.37 Å². The van der Waals surface area contributed by atoms with Crippen molar-refractivity contribution in [2.24, 2.45) is 0 Å². The van der Waals surface area contributed by atoms with Gasteiger partial charge in [-0.1, -0.05) is 41.9 Å². The summed E-state index contributed by atoms with van der Waals surface area (Å²) in [4.78, 5) is 30.7. The summed E-state index contributed by atoms with van der Waals surface area (Å²) in [7, 11) is 0. The number of nitrogens with zero attached hydrogens (tertiary/aromatic N) is 3. The second-order valence-corrected chi connectivity index (χ2v) is 8.10. The van der Waals surface area contributed by atoms with E-state index in [2.05, 4.69) is 10.3 Å². The molecule has 0 atom stereocenters. The highest BCUT2D eigenvalue weighted by atomic mass is 35.5. The summed E-state index contributed by atoms with van der Waals surface area (Å²) < 4.78 is 17.1. The molecule has 0 aliphatic rings. The van der Waals surface area contributed by atoms with Crippen molar-refractivity contribution in [1.82, 2.24) is 14.1 Å². The number of carbonyl (C=O) groups is 1. The highest BCUT2D eigenvalue weighted by Gasteiger charge is 2.19. The van der Waals surface area contributed by atoms with Crippen LogP contribution in [0.25, 0.3) is 21.9 Å². The first-order valence-electron chi connectivity index (χ1n) is 10.3. The second kappa shape index (κ2) is 8.52. The lowest BCUT2D eigenvalue weighted by Gasteiger charge is -2.10. The Hall–Kier alpha value is -3.97. The summed E-state index contributed by atoms with van der Waals surface area (Å²) >= 11 is 5.91. The molecule has 2 aromatic heterocycles. The molecule has 5 aromatic rings. The minimum absolute atomic E-state index is 0.138. The minimum atomic E-state index is -0.442. The fraction of sp³-hybridized carbons (Fsp3) is 0.0800. The third kappa shape index (κ3) is 4.10. The summed E-state index contributed by atoms with van der Waals surface area (Å²) in [5.74, 6) is -0.777. The van der Waals surface area contributed by atoms with Crippen LogP contribution in [0.3, 0.4) is 0 Å². The average molecular weight is 461 g/mol. The summed E-state index contributed by atoms with van der Waals surface area (Å²) in [6.07, 6.45) is 1.46. The third-order valence-corrected chi connectivity index (χ3v) is 5.67. The van der Waals surface area contributed by atoms with E-state index in [1.165, 1.54) is 23.0 Å². The Morgan fingerprint density at radius 2 is 1.79 bits per heavy atom. The maximum Gasteiger partial charge on any atom is 0.278 e. The van der Waals surface area contributed by atoms with E-state index in [0.29, 0.717) is 33.7 Å². The van der Waals surface area contributed by atoms with Crippen LogP contribution in [0.1, 0.15) is 5.56 Å². The van der Waals surface area contributed by atoms with Crippen molar-refractivity contribution < 1.29 is 9.18 Å². The van der Waals surface area contributed by atoms with E-state index < -0.39 is 5.82 Å². The highest BCUT2D eigenvalue weighted by Crippen LogP contribution is 2.26. The van der Waals surface area contributed by atoms with E-state index in [1.54, 1.807) is 34.9 Å². The molecule has 8 heteroatoms. The molecule has 0 saturated carbocycles. The lowest BCUT2D eigenvalue weighted by atomic mass is 10.2. The van der Waals surface area contributed by atoms with Crippen molar-refractivity contribution >= 4 is 45.1 Å². The van der Waals surface area contributed by atoms with Crippen LogP contribution in [0, 0.1) is 5.82 Å². The zero-order valence-electron chi connectivity index (χ0n) is 17.3. The van der Waals surface area contributed by atoms with Crippen molar-refractivity contribution in [2.45, 2.75) is 13.1 Å². The van der Waals surface area contributed by atoms with Gasteiger partial charge in [0.05, 0.1) is 18.4 Å². The van der Waals surface area contributed by atoms with Gasteiger partial charge in [0.2, 0.25) is 5.91 Å². The zero-order valence-corrected chi connectivity index (χ0v) is 18.1. The normalized spacial score (nSPS) is 11.2. The smallest absolute Gasteiger partial charge is 0.278 e. The lowest BCUT2D eigenvalue weighted by Crippen LogP contribution is -2.25. The van der Waals surface area contributed by atoms with Crippen LogP contribution < -0.4 is 10.9 Å². The monoisotopic (exact) mass is 460 g/mol. The van der Waals surface area contributed by atoms with Gasteiger partial charge in [0.15, 0.2) is 0 Å². The Bertz CT molecular complexity index is 1540. The Kier molecular flexibility index (Phi) is 5.40. The van der Waals surface area contributed by atoms with Crippen molar-refractivity contribution in [3.8, 4) is 0 Å². The van der Waals surface area contributed by atoms with Gasteiger partial charge in [-0.3, -0.25) is 14.2 Å². The lowest BCUT2D eigenvalue weighted by molar-refractivity contribution is -0.116. The molecule has 1 amide bonds. The number of nitrogens with one attached hydrogen (secondary N) is 1. The predicted molar refractivity (Wildman–Crippen MR) is 127 cm³/mol. The topological polar surface area (TPSA) is 68.9 Å². The van der Waals surface area contributed by atoms with Gasteiger partial charge >= 0.3 is 0 Å². The fourth-order valence-electron chi connectivity index (χ4n) is 3.91. The van der Waals surface area contributed by atoms with Gasteiger partial charge in [0.25, 0.3) is 5.56 Å². The van der Waals surface area contributed by atoms with Crippen LogP contribution in [0.4, 0.5) is 10.1 Å². The van der Waals surface area contributed by atoms with Crippen LogP contribution in [-0.2, 0) is 17.9 Å². The largest absolute Gasteiger partial charge is 0.325 e. The number of benzene rings is 3. The number of anilines is 1. The number of rotatable bonds is 5. The molecule has 164 valence electrons. The molecule has 3 aromatic carbocycles. The first-order chi connectivity index (χ1) is 16.0. The summed E-state index contributed by atoms with van der Waals surface area (Å²) in [6, 6.07) is 20.5. The summed E-state index contributed by atoms with van der Waals surface area (Å²) in [6.45, 7) is 0.190. The van der Waals surface area contributed by atoms with E-state index in [4.69, 9.17) is 11.6 Å². The molecule has 0 bridgehead atoms. The number of amides is 1. The average Bonchev–Trinajstić information content (AvgIpc) is 3.11. The van der Waals surface area contributed by atoms with E-state index in [-0.39, 0.29) is 23.5 Å². The molecule has 2 heterocycles. The summed E-state index contributed by atoms with van der Waals surface area (Å²) in [5, 5.41) is 3.84. The molecular weight excluding hydrogens is 443 g/mol. The van der Waals surface area contributed by atoms with E-state index >= 15 is 0 Å². The number of carbonyl (C=O) groups excluding carboxylic acids is 1. The minimum Gasteiger partial charge on any atom is -0.325 e. The van der Waals surface area contributed by atoms with Gasteiger partial charge in [-0.15, -0.1) is 0 Å². The molecule has 0 radical (unpaired) electrons. The van der Waals surface area contributed by atoms with Gasteiger partial charge in [0, 0.05) is 16.1 Å². The van der Waals surface area contributed by atoms with Crippen molar-refractivity contribution in [3.63, 3.8) is 0 Å². The van der Waals surface area contributed by atoms with Crippen LogP contribution in [0.15, 0.2) is 83.9 Å². The van der Waals surface area contributed by atoms with Crippen LogP contribution in [-0.4, -0.2) is 20.0 Å². The molecule has 0 saturated heterocycles. The predicted octanol–water partition coefficient (Wildman–Crippen LogP) is 4.83. The SMILES string of the molecule is O=C(Cn1c2ccc(F)cc2c2ncn(Cc3ccccc3)c(=O)c21)Nc1ccc(Cl)cc1. The fourth-order valence-corrected chi connectivity index (χ4v) is 4.03. The van der Waals surface area contributed by atoms with Crippen molar-refractivity contribution in [1.29, 1.82) is 0 Å². The standard InChI is InChI=1S/C25H18ClFN4O2/c26-17-6-9-19(10-7-17)29-22(32)14-31-21-11-8-18(27)12-20(21)23-24(31)25(33)30(15-28-23)13-16-4-2-1-3-5-16/h1-12,15H,13-14H2,(H,29,32). The van der Waals surface area contributed by atoms with Crippen molar-refractivity contribution in [3.05, 3.63) is 106 Å². The Balaban J connectivity index is 1.60. The molecule has 5 rings (SSSR count). The Labute approximate surface area is 192 Å². The van der Waals surface area contributed by atoms with Gasteiger partial charge in [0.1, 0.15) is 23.4 Å². The molecule has 1 N–H and O–H groups in total. The van der Waals surface area contributed by atoms with E-state index in [0.717, 1.165) is 5.56 Å². The van der Waals surface area contributed by atoms with Crippen LogP contribution in [0.2, 0.25) is 5.02 Å². The molecule has 6 nitrogen and oxygen atoms in total. The number of aromatic nitrogens is 3. The number of halogens is 2. The maximum atomic E-state index is 14.0. The first-order valence-corrected chi connectivity index (χ1v) is 10.6. The van der Waals surface area contributed by atoms with Crippen LogP contribution >= 0.6 is 11.6 Å². The van der Waals surface area contributed by atoms with Crippen LogP contribution in [0.5, 0.6) is 0 Å². The molecule has 0 fully saturated rings. The molecule has 0 aliphatic heterocycles. The van der Waals surface area contributed by atoms with E-state index in [9.17, 15) is 14.0 Å². The van der Waals surface area contributed by atoms with Gasteiger partial charge in [-0.05, 0) is 48.0 Å². The molecular formula is C25H18ClFN4O2. The molecule has 0 aliphatic carbocycles. The number of fused-ring (bicyclic) bond motifs is 3.